The van der Waals surface area contributed by atoms with Crippen molar-refractivity contribution < 1.29 is 19.1 Å². The topological polar surface area (TPSA) is 102 Å². The maximum absolute atomic E-state index is 13.2. The van der Waals surface area contributed by atoms with E-state index in [4.69, 9.17) is 32.7 Å². The van der Waals surface area contributed by atoms with Gasteiger partial charge in [-0.05, 0) is 42.0 Å². The molecule has 0 bridgehead atoms. The van der Waals surface area contributed by atoms with Crippen LogP contribution in [0.1, 0.15) is 15.9 Å². The zero-order valence-corrected chi connectivity index (χ0v) is 20.9. The predicted octanol–water partition coefficient (Wildman–Crippen LogP) is 5.22. The standard InChI is InChI=1S/C25H18Cl2N4O4S/c26-17-8-6-15(11-18(17)27)22(32)28-19(10-14-4-2-1-3-5-14)23(33)29-25-31-30-24(36-25)16-7-9-20-21(12-16)35-13-34-20/h1-9,11-12,19H,10,13H2,(H,28,32)(H,29,31,33)/t19-/m1/s1. The van der Waals surface area contributed by atoms with Crippen LogP contribution in [0.25, 0.3) is 10.6 Å². The molecule has 1 aromatic heterocycles. The van der Waals surface area contributed by atoms with Crippen LogP contribution in [0, 0.1) is 0 Å². The molecular formula is C25H18Cl2N4O4S. The lowest BCUT2D eigenvalue weighted by Crippen LogP contribution is -2.45. The summed E-state index contributed by atoms with van der Waals surface area (Å²) in [6.45, 7) is 0.174. The van der Waals surface area contributed by atoms with Crippen LogP contribution in [0.3, 0.4) is 0 Å². The molecule has 36 heavy (non-hydrogen) atoms. The Hall–Kier alpha value is -3.66. The number of carbonyl (C=O) groups is 2. The van der Waals surface area contributed by atoms with E-state index < -0.39 is 17.9 Å². The van der Waals surface area contributed by atoms with Gasteiger partial charge in [0.1, 0.15) is 11.0 Å². The van der Waals surface area contributed by atoms with Crippen LogP contribution in [0.5, 0.6) is 11.5 Å². The molecule has 0 saturated heterocycles. The van der Waals surface area contributed by atoms with Gasteiger partial charge in [-0.15, -0.1) is 10.2 Å². The Morgan fingerprint density at radius 2 is 1.75 bits per heavy atom. The summed E-state index contributed by atoms with van der Waals surface area (Å²) < 4.78 is 10.8. The van der Waals surface area contributed by atoms with Crippen molar-refractivity contribution >= 4 is 51.5 Å². The molecule has 1 aliphatic heterocycles. The van der Waals surface area contributed by atoms with Crippen LogP contribution in [0.15, 0.2) is 66.7 Å². The van der Waals surface area contributed by atoms with Gasteiger partial charge in [-0.1, -0.05) is 64.9 Å². The summed E-state index contributed by atoms with van der Waals surface area (Å²) in [4.78, 5) is 26.1. The number of carbonyl (C=O) groups excluding carboxylic acids is 2. The summed E-state index contributed by atoms with van der Waals surface area (Å²) in [5.74, 6) is 0.406. The predicted molar refractivity (Wildman–Crippen MR) is 138 cm³/mol. The molecule has 1 aliphatic rings. The Labute approximate surface area is 220 Å². The largest absolute Gasteiger partial charge is 0.454 e. The average molecular weight is 541 g/mol. The summed E-state index contributed by atoms with van der Waals surface area (Å²) >= 11 is 13.2. The molecule has 4 aromatic rings. The highest BCUT2D eigenvalue weighted by Gasteiger charge is 2.24. The van der Waals surface area contributed by atoms with Crippen molar-refractivity contribution in [1.82, 2.24) is 15.5 Å². The number of ether oxygens (including phenoxy) is 2. The number of nitrogens with zero attached hydrogens (tertiary/aromatic N) is 2. The molecule has 182 valence electrons. The lowest BCUT2D eigenvalue weighted by atomic mass is 10.0. The lowest BCUT2D eigenvalue weighted by Gasteiger charge is -2.18. The van der Waals surface area contributed by atoms with Gasteiger partial charge in [0.25, 0.3) is 5.91 Å². The van der Waals surface area contributed by atoms with Gasteiger partial charge in [-0.3, -0.25) is 14.9 Å². The van der Waals surface area contributed by atoms with E-state index in [1.54, 1.807) is 12.1 Å². The lowest BCUT2D eigenvalue weighted by molar-refractivity contribution is -0.118. The smallest absolute Gasteiger partial charge is 0.251 e. The third-order valence-corrected chi connectivity index (χ3v) is 6.99. The van der Waals surface area contributed by atoms with E-state index in [1.165, 1.54) is 23.5 Å². The molecule has 2 heterocycles. The molecule has 3 aromatic carbocycles. The molecule has 2 N–H and O–H groups in total. The fraction of sp³-hybridized carbons (Fsp3) is 0.120. The van der Waals surface area contributed by atoms with E-state index in [9.17, 15) is 9.59 Å². The molecule has 0 fully saturated rings. The fourth-order valence-electron chi connectivity index (χ4n) is 3.55. The maximum atomic E-state index is 13.2. The Morgan fingerprint density at radius 3 is 2.56 bits per heavy atom. The van der Waals surface area contributed by atoms with E-state index in [0.29, 0.717) is 26.7 Å². The number of halogens is 2. The van der Waals surface area contributed by atoms with Gasteiger partial charge in [0, 0.05) is 17.5 Å². The van der Waals surface area contributed by atoms with Gasteiger partial charge < -0.3 is 14.8 Å². The molecule has 0 spiro atoms. The van der Waals surface area contributed by atoms with E-state index in [1.807, 2.05) is 42.5 Å². The summed E-state index contributed by atoms with van der Waals surface area (Å²) in [6.07, 6.45) is 0.271. The molecule has 0 aliphatic carbocycles. The number of hydrogen-bond donors (Lipinski definition) is 2. The van der Waals surface area contributed by atoms with Gasteiger partial charge in [0.05, 0.1) is 10.0 Å². The first-order valence-electron chi connectivity index (χ1n) is 10.8. The highest BCUT2D eigenvalue weighted by molar-refractivity contribution is 7.18. The summed E-state index contributed by atoms with van der Waals surface area (Å²) in [6, 6.07) is 18.5. The molecule has 0 saturated carbocycles. The highest BCUT2D eigenvalue weighted by atomic mass is 35.5. The first-order chi connectivity index (χ1) is 17.5. The van der Waals surface area contributed by atoms with Crippen LogP contribution < -0.4 is 20.1 Å². The summed E-state index contributed by atoms with van der Waals surface area (Å²) in [5, 5.41) is 15.3. The van der Waals surface area contributed by atoms with Gasteiger partial charge in [0.2, 0.25) is 17.8 Å². The van der Waals surface area contributed by atoms with Crippen molar-refractivity contribution in [2.75, 3.05) is 12.1 Å². The molecular weight excluding hydrogens is 523 g/mol. The van der Waals surface area contributed by atoms with Crippen LogP contribution in [0.4, 0.5) is 5.13 Å². The average Bonchev–Trinajstić information content (AvgIpc) is 3.55. The number of benzene rings is 3. The number of anilines is 1. The number of aromatic nitrogens is 2. The van der Waals surface area contributed by atoms with Crippen molar-refractivity contribution in [2.45, 2.75) is 12.5 Å². The first-order valence-corrected chi connectivity index (χ1v) is 12.4. The number of amides is 2. The second-order valence-corrected chi connectivity index (χ2v) is 9.61. The van der Waals surface area contributed by atoms with Crippen LogP contribution in [-0.4, -0.2) is 34.8 Å². The summed E-state index contributed by atoms with van der Waals surface area (Å²) in [5.41, 5.74) is 1.95. The number of hydrogen-bond acceptors (Lipinski definition) is 7. The van der Waals surface area contributed by atoms with Gasteiger partial charge in [-0.25, -0.2) is 0 Å². The van der Waals surface area contributed by atoms with E-state index in [-0.39, 0.29) is 23.8 Å². The zero-order valence-electron chi connectivity index (χ0n) is 18.5. The molecule has 11 heteroatoms. The van der Waals surface area contributed by atoms with Crippen molar-refractivity contribution in [1.29, 1.82) is 0 Å². The Balaban J connectivity index is 1.33. The molecule has 1 atom stereocenters. The number of fused-ring (bicyclic) bond motifs is 1. The minimum atomic E-state index is -0.882. The second-order valence-electron chi connectivity index (χ2n) is 7.81. The third kappa shape index (κ3) is 5.43. The zero-order chi connectivity index (χ0) is 25.1. The Kier molecular flexibility index (Phi) is 7.04. The molecule has 0 radical (unpaired) electrons. The SMILES string of the molecule is O=C(N[C@H](Cc1ccccc1)C(=O)Nc1nnc(-c2ccc3c(c2)OCO3)s1)c1ccc(Cl)c(Cl)c1. The third-order valence-electron chi connectivity index (χ3n) is 5.36. The monoisotopic (exact) mass is 540 g/mol. The first kappa shape index (κ1) is 24.1. The van der Waals surface area contributed by atoms with E-state index in [2.05, 4.69) is 20.8 Å². The Bertz CT molecular complexity index is 1430. The summed E-state index contributed by atoms with van der Waals surface area (Å²) in [7, 11) is 0. The van der Waals surface area contributed by atoms with Crippen molar-refractivity contribution in [3.63, 3.8) is 0 Å². The van der Waals surface area contributed by atoms with Gasteiger partial charge >= 0.3 is 0 Å². The molecule has 5 rings (SSSR count). The quantitative estimate of drug-likeness (QED) is 0.333. The normalized spacial score (nSPS) is 12.7. The molecule has 8 nitrogen and oxygen atoms in total. The van der Waals surface area contributed by atoms with Crippen molar-refractivity contribution in [3.05, 3.63) is 87.9 Å². The number of rotatable bonds is 7. The van der Waals surface area contributed by atoms with Crippen LogP contribution in [-0.2, 0) is 11.2 Å². The maximum Gasteiger partial charge on any atom is 0.251 e. The minimum absolute atomic E-state index is 0.174. The minimum Gasteiger partial charge on any atom is -0.454 e. The number of nitrogens with one attached hydrogen (secondary N) is 2. The van der Waals surface area contributed by atoms with Crippen LogP contribution >= 0.6 is 34.5 Å². The molecule has 0 unspecified atom stereocenters. The molecule has 2 amide bonds. The van der Waals surface area contributed by atoms with Gasteiger partial charge in [0.15, 0.2) is 11.5 Å². The van der Waals surface area contributed by atoms with Crippen molar-refractivity contribution in [3.8, 4) is 22.1 Å². The second kappa shape index (κ2) is 10.5. The van der Waals surface area contributed by atoms with E-state index in [0.717, 1.165) is 11.1 Å². The highest BCUT2D eigenvalue weighted by Crippen LogP contribution is 2.37. The Morgan fingerprint density at radius 1 is 0.944 bits per heavy atom. The van der Waals surface area contributed by atoms with Crippen LogP contribution in [0.2, 0.25) is 10.0 Å². The van der Waals surface area contributed by atoms with Crippen molar-refractivity contribution in [2.24, 2.45) is 0 Å². The van der Waals surface area contributed by atoms with Gasteiger partial charge in [-0.2, -0.15) is 0 Å². The fourth-order valence-corrected chi connectivity index (χ4v) is 4.59. The van der Waals surface area contributed by atoms with E-state index >= 15 is 0 Å².